The van der Waals surface area contributed by atoms with Crippen molar-refractivity contribution in [2.75, 3.05) is 6.61 Å². The zero-order valence-electron chi connectivity index (χ0n) is 17.9. The first-order chi connectivity index (χ1) is 14.8. The number of hydroxylamine groups is 2. The van der Waals surface area contributed by atoms with Crippen LogP contribution in [-0.4, -0.2) is 16.9 Å². The van der Waals surface area contributed by atoms with Gasteiger partial charge in [0, 0.05) is 0 Å². The van der Waals surface area contributed by atoms with E-state index in [1.54, 1.807) is 0 Å². The van der Waals surface area contributed by atoms with Crippen LogP contribution < -0.4 is 0 Å². The van der Waals surface area contributed by atoms with Gasteiger partial charge in [-0.2, -0.15) is 5.06 Å². The molecule has 0 saturated carbocycles. The van der Waals surface area contributed by atoms with Crippen LogP contribution in [0.3, 0.4) is 0 Å². The second-order valence-electron chi connectivity index (χ2n) is 7.73. The lowest BCUT2D eigenvalue weighted by Crippen LogP contribution is -2.33. The summed E-state index contributed by atoms with van der Waals surface area (Å²) < 4.78 is 6.07. The van der Waals surface area contributed by atoms with Crippen LogP contribution in [0.15, 0.2) is 91.0 Å². The number of ether oxygens (including phenoxy) is 1. The average Bonchev–Trinajstić information content (AvgIpc) is 2.81. The Hall–Kier alpha value is -2.46. The predicted octanol–water partition coefficient (Wildman–Crippen LogP) is 6.96. The molecule has 0 aliphatic carbocycles. The van der Waals surface area contributed by atoms with Crippen molar-refractivity contribution in [2.45, 2.75) is 51.3 Å². The lowest BCUT2D eigenvalue weighted by Gasteiger charge is -2.34. The molecule has 2 atom stereocenters. The molecule has 0 fully saturated rings. The minimum absolute atomic E-state index is 0.0664. The van der Waals surface area contributed by atoms with Gasteiger partial charge in [0.25, 0.3) is 0 Å². The standard InChI is InChI=1S/C27H33NO2/c1-2-3-7-20-26(24-16-10-5-11-17-24)28(29)27(25-18-12-6-13-19-25)22-30-21-23-14-8-4-9-15-23/h4-6,8-19,26-27,29H,2-3,7,20-22H2,1H3/t26-,27-/m0/s1. The summed E-state index contributed by atoms with van der Waals surface area (Å²) in [5, 5.41) is 12.9. The molecule has 0 spiro atoms. The smallest absolute Gasteiger partial charge is 0.0840 e. The van der Waals surface area contributed by atoms with Crippen molar-refractivity contribution in [1.29, 1.82) is 0 Å². The Bertz CT molecular complexity index is 823. The van der Waals surface area contributed by atoms with E-state index in [1.165, 1.54) is 5.06 Å². The van der Waals surface area contributed by atoms with E-state index < -0.39 is 0 Å². The summed E-state index contributed by atoms with van der Waals surface area (Å²) in [5.74, 6) is 0. The van der Waals surface area contributed by atoms with Gasteiger partial charge in [0.2, 0.25) is 0 Å². The quantitative estimate of drug-likeness (QED) is 0.262. The van der Waals surface area contributed by atoms with Gasteiger partial charge in [-0.25, -0.2) is 0 Å². The van der Waals surface area contributed by atoms with Crippen molar-refractivity contribution in [3.8, 4) is 0 Å². The summed E-state index contributed by atoms with van der Waals surface area (Å²) in [6.45, 7) is 3.16. The van der Waals surface area contributed by atoms with Crippen molar-refractivity contribution in [3.63, 3.8) is 0 Å². The third kappa shape index (κ3) is 6.53. The molecule has 0 bridgehead atoms. The molecule has 0 unspecified atom stereocenters. The van der Waals surface area contributed by atoms with Gasteiger partial charge in [0.05, 0.1) is 25.3 Å². The van der Waals surface area contributed by atoms with E-state index in [4.69, 9.17) is 4.74 Å². The van der Waals surface area contributed by atoms with E-state index in [1.807, 2.05) is 54.6 Å². The molecule has 3 aromatic rings. The lowest BCUT2D eigenvalue weighted by atomic mass is 9.97. The molecule has 0 aliphatic rings. The topological polar surface area (TPSA) is 32.7 Å². The molecule has 0 aliphatic heterocycles. The zero-order valence-corrected chi connectivity index (χ0v) is 17.9. The van der Waals surface area contributed by atoms with Gasteiger partial charge in [0.15, 0.2) is 0 Å². The normalized spacial score (nSPS) is 13.3. The highest BCUT2D eigenvalue weighted by atomic mass is 16.5. The van der Waals surface area contributed by atoms with Gasteiger partial charge in [0.1, 0.15) is 0 Å². The number of hydrogen-bond acceptors (Lipinski definition) is 3. The average molecular weight is 404 g/mol. The van der Waals surface area contributed by atoms with E-state index in [-0.39, 0.29) is 12.1 Å². The van der Waals surface area contributed by atoms with Gasteiger partial charge in [-0.3, -0.25) is 0 Å². The summed E-state index contributed by atoms with van der Waals surface area (Å²) in [4.78, 5) is 0. The third-order valence-electron chi connectivity index (χ3n) is 5.48. The minimum atomic E-state index is -0.234. The number of rotatable bonds is 12. The van der Waals surface area contributed by atoms with Gasteiger partial charge >= 0.3 is 0 Å². The van der Waals surface area contributed by atoms with Crippen LogP contribution in [0.4, 0.5) is 0 Å². The first-order valence-electron chi connectivity index (χ1n) is 11.0. The fourth-order valence-corrected chi connectivity index (χ4v) is 3.79. The fraction of sp³-hybridized carbons (Fsp3) is 0.333. The zero-order chi connectivity index (χ0) is 21.0. The number of benzene rings is 3. The monoisotopic (exact) mass is 403 g/mol. The Labute approximate surface area is 180 Å². The first-order valence-corrected chi connectivity index (χ1v) is 11.0. The highest BCUT2D eigenvalue weighted by Gasteiger charge is 2.27. The molecule has 3 heteroatoms. The molecule has 1 N–H and O–H groups in total. The molecular weight excluding hydrogens is 370 g/mol. The van der Waals surface area contributed by atoms with Crippen LogP contribution in [0.2, 0.25) is 0 Å². The Morgan fingerprint density at radius 3 is 1.83 bits per heavy atom. The Kier molecular flexibility index (Phi) is 9.10. The van der Waals surface area contributed by atoms with Crippen LogP contribution >= 0.6 is 0 Å². The summed E-state index contributed by atoms with van der Waals surface area (Å²) in [6, 6.07) is 30.3. The molecule has 3 aromatic carbocycles. The van der Waals surface area contributed by atoms with Gasteiger partial charge in [-0.05, 0) is 23.1 Å². The van der Waals surface area contributed by atoms with E-state index in [2.05, 4.69) is 43.3 Å². The highest BCUT2D eigenvalue weighted by molar-refractivity contribution is 5.22. The summed E-state index contributed by atoms with van der Waals surface area (Å²) in [7, 11) is 0. The minimum Gasteiger partial charge on any atom is -0.375 e. The van der Waals surface area contributed by atoms with Gasteiger partial charge in [-0.1, -0.05) is 117 Å². The Morgan fingerprint density at radius 1 is 0.733 bits per heavy atom. The van der Waals surface area contributed by atoms with E-state index in [0.29, 0.717) is 13.2 Å². The molecule has 3 nitrogen and oxygen atoms in total. The SMILES string of the molecule is CCCCC[C@@H](c1ccccc1)N(O)[C@@H](COCc1ccccc1)c1ccccc1. The van der Waals surface area contributed by atoms with Crippen molar-refractivity contribution in [1.82, 2.24) is 5.06 Å². The molecule has 0 radical (unpaired) electrons. The number of nitrogens with zero attached hydrogens (tertiary/aromatic N) is 1. The largest absolute Gasteiger partial charge is 0.375 e. The van der Waals surface area contributed by atoms with E-state index in [9.17, 15) is 5.21 Å². The maximum absolute atomic E-state index is 11.4. The fourth-order valence-electron chi connectivity index (χ4n) is 3.79. The molecule has 0 heterocycles. The van der Waals surface area contributed by atoms with Crippen LogP contribution in [0.1, 0.15) is 61.4 Å². The second kappa shape index (κ2) is 12.3. The van der Waals surface area contributed by atoms with E-state index >= 15 is 0 Å². The number of hydrogen-bond donors (Lipinski definition) is 1. The first kappa shape index (κ1) is 22.2. The number of unbranched alkanes of at least 4 members (excludes halogenated alkanes) is 2. The summed E-state index contributed by atoms with van der Waals surface area (Å²) in [5.41, 5.74) is 3.33. The van der Waals surface area contributed by atoms with Crippen LogP contribution in [0, 0.1) is 0 Å². The maximum atomic E-state index is 11.4. The summed E-state index contributed by atoms with van der Waals surface area (Å²) >= 11 is 0. The molecule has 3 rings (SSSR count). The molecule has 0 aromatic heterocycles. The molecule has 30 heavy (non-hydrogen) atoms. The molecule has 0 saturated heterocycles. The highest BCUT2D eigenvalue weighted by Crippen LogP contribution is 2.33. The summed E-state index contributed by atoms with van der Waals surface area (Å²) in [6.07, 6.45) is 4.32. The van der Waals surface area contributed by atoms with Crippen molar-refractivity contribution >= 4 is 0 Å². The Balaban J connectivity index is 1.78. The Morgan fingerprint density at radius 2 is 1.27 bits per heavy atom. The second-order valence-corrected chi connectivity index (χ2v) is 7.73. The van der Waals surface area contributed by atoms with Crippen molar-refractivity contribution < 1.29 is 9.94 Å². The van der Waals surface area contributed by atoms with Crippen molar-refractivity contribution in [3.05, 3.63) is 108 Å². The third-order valence-corrected chi connectivity index (χ3v) is 5.48. The van der Waals surface area contributed by atoms with Crippen LogP contribution in [-0.2, 0) is 11.3 Å². The van der Waals surface area contributed by atoms with Crippen molar-refractivity contribution in [2.24, 2.45) is 0 Å². The molecule has 0 amide bonds. The molecule has 158 valence electrons. The van der Waals surface area contributed by atoms with E-state index in [0.717, 1.165) is 42.4 Å². The van der Waals surface area contributed by atoms with Crippen LogP contribution in [0.5, 0.6) is 0 Å². The van der Waals surface area contributed by atoms with Crippen LogP contribution in [0.25, 0.3) is 0 Å². The lowest BCUT2D eigenvalue weighted by molar-refractivity contribution is -0.181. The van der Waals surface area contributed by atoms with Gasteiger partial charge < -0.3 is 9.94 Å². The molecular formula is C27H33NO2. The van der Waals surface area contributed by atoms with Gasteiger partial charge in [-0.15, -0.1) is 0 Å². The predicted molar refractivity (Wildman–Crippen MR) is 122 cm³/mol. The maximum Gasteiger partial charge on any atom is 0.0840 e.